The van der Waals surface area contributed by atoms with E-state index in [2.05, 4.69) is 0 Å². The molecule has 6 atom stereocenters. The molecule has 1 saturated carbocycles. The number of hydrogen-bond acceptors (Lipinski definition) is 11. The molecule has 14 nitrogen and oxygen atoms in total. The van der Waals surface area contributed by atoms with Crippen LogP contribution in [0.15, 0.2) is 72.3 Å². The summed E-state index contributed by atoms with van der Waals surface area (Å²) in [6.07, 6.45) is 2.19. The third-order valence-electron chi connectivity index (χ3n) is 12.6. The SMILES string of the molecule is COc1cc([C@H]2C3=CC[C@@H]4C(=O)N(c5ccc([N+](=O)[O-])cc5)C(=O)[C@@H]4[C@@H]3C[C@H]3C(=O)N(c4cc(-c5sc6ccc(Cl)cc6c5C)nn4C)C(=O)[C@@]23C)cc(OC)c1O. The molecule has 9 rings (SSSR count). The van der Waals surface area contributed by atoms with E-state index in [1.807, 2.05) is 31.2 Å². The smallest absolute Gasteiger partial charge is 0.269 e. The fraction of sp³-hybridized carbons (Fsp3) is 0.310. The van der Waals surface area contributed by atoms with Gasteiger partial charge in [0, 0.05) is 40.9 Å². The molecule has 0 unspecified atom stereocenters. The van der Waals surface area contributed by atoms with Crippen LogP contribution in [0, 0.1) is 46.1 Å². The average molecular weight is 822 g/mol. The predicted molar refractivity (Wildman–Crippen MR) is 215 cm³/mol. The van der Waals surface area contributed by atoms with Crippen molar-refractivity contribution in [1.82, 2.24) is 9.78 Å². The molecule has 2 aromatic heterocycles. The van der Waals surface area contributed by atoms with Crippen molar-refractivity contribution in [3.05, 3.63) is 98.6 Å². The van der Waals surface area contributed by atoms with E-state index in [1.54, 1.807) is 32.2 Å². The number of fused-ring (bicyclic) bond motifs is 5. The lowest BCUT2D eigenvalue weighted by Gasteiger charge is -2.49. The Morgan fingerprint density at radius 2 is 1.64 bits per heavy atom. The number of phenolic OH excluding ortho intramolecular Hbond substituents is 1. The molecule has 0 bridgehead atoms. The van der Waals surface area contributed by atoms with E-state index in [-0.39, 0.29) is 47.3 Å². The highest BCUT2D eigenvalue weighted by atomic mass is 35.5. The quantitative estimate of drug-likeness (QED) is 0.0758. The molecule has 3 fully saturated rings. The Balaban J connectivity index is 1.17. The predicted octanol–water partition coefficient (Wildman–Crippen LogP) is 7.33. The molecule has 58 heavy (non-hydrogen) atoms. The highest BCUT2D eigenvalue weighted by molar-refractivity contribution is 7.22. The number of aromatic hydroxyl groups is 1. The van der Waals surface area contributed by atoms with Crippen molar-refractivity contribution in [2.45, 2.75) is 32.6 Å². The number of aryl methyl sites for hydroxylation is 2. The number of allylic oxidation sites excluding steroid dienone is 2. The number of hydrogen-bond donors (Lipinski definition) is 1. The molecule has 4 amide bonds. The third-order valence-corrected chi connectivity index (χ3v) is 14.2. The van der Waals surface area contributed by atoms with Crippen LogP contribution in [0.5, 0.6) is 17.2 Å². The van der Waals surface area contributed by atoms with Gasteiger partial charge < -0.3 is 14.6 Å². The van der Waals surface area contributed by atoms with Crippen LogP contribution in [0.1, 0.15) is 36.8 Å². The number of nitro benzene ring substituents is 1. The molecule has 2 aliphatic carbocycles. The van der Waals surface area contributed by atoms with Crippen molar-refractivity contribution in [2.24, 2.45) is 36.1 Å². The number of aromatic nitrogens is 2. The van der Waals surface area contributed by atoms with Crippen LogP contribution in [0.2, 0.25) is 5.02 Å². The van der Waals surface area contributed by atoms with Crippen molar-refractivity contribution in [1.29, 1.82) is 0 Å². The number of imide groups is 2. The third kappa shape index (κ3) is 5.18. The minimum Gasteiger partial charge on any atom is -0.502 e. The monoisotopic (exact) mass is 821 g/mol. The molecule has 4 heterocycles. The van der Waals surface area contributed by atoms with Crippen LogP contribution in [0.25, 0.3) is 20.7 Å². The molecule has 0 radical (unpaired) electrons. The Morgan fingerprint density at radius 3 is 2.29 bits per heavy atom. The molecule has 16 heteroatoms. The van der Waals surface area contributed by atoms with Gasteiger partial charge in [0.2, 0.25) is 29.4 Å². The minimum absolute atomic E-state index is 0.0901. The van der Waals surface area contributed by atoms with Gasteiger partial charge in [0.1, 0.15) is 11.5 Å². The van der Waals surface area contributed by atoms with Crippen molar-refractivity contribution >= 4 is 73.8 Å². The molecule has 2 saturated heterocycles. The maximum absolute atomic E-state index is 15.2. The van der Waals surface area contributed by atoms with Crippen molar-refractivity contribution in [2.75, 3.05) is 24.0 Å². The highest BCUT2D eigenvalue weighted by Crippen LogP contribution is 2.64. The summed E-state index contributed by atoms with van der Waals surface area (Å²) in [5, 5.41) is 28.6. The fourth-order valence-electron chi connectivity index (χ4n) is 9.89. The minimum atomic E-state index is -1.41. The van der Waals surface area contributed by atoms with Crippen molar-refractivity contribution < 1.29 is 38.7 Å². The fourth-order valence-corrected chi connectivity index (χ4v) is 11.2. The van der Waals surface area contributed by atoms with Crippen molar-refractivity contribution in [3.63, 3.8) is 0 Å². The van der Waals surface area contributed by atoms with Crippen LogP contribution in [-0.4, -0.2) is 57.7 Å². The second-order valence-electron chi connectivity index (χ2n) is 15.4. The van der Waals surface area contributed by atoms with Gasteiger partial charge in [-0.1, -0.05) is 23.3 Å². The molecule has 2 aliphatic heterocycles. The number of benzene rings is 3. The molecular formula is C42H36ClN5O9S. The van der Waals surface area contributed by atoms with E-state index in [0.29, 0.717) is 16.3 Å². The number of anilines is 2. The lowest BCUT2D eigenvalue weighted by Crippen LogP contribution is -2.49. The summed E-state index contributed by atoms with van der Waals surface area (Å²) in [7, 11) is 4.47. The van der Waals surface area contributed by atoms with Gasteiger partial charge in [-0.15, -0.1) is 11.3 Å². The molecule has 1 N–H and O–H groups in total. The van der Waals surface area contributed by atoms with Gasteiger partial charge >= 0.3 is 0 Å². The van der Waals surface area contributed by atoms with E-state index in [1.165, 1.54) is 59.4 Å². The zero-order valence-corrected chi connectivity index (χ0v) is 33.5. The van der Waals surface area contributed by atoms with Crippen molar-refractivity contribution in [3.8, 4) is 27.8 Å². The molecule has 296 valence electrons. The first-order chi connectivity index (χ1) is 27.7. The normalized spacial score (nSPS) is 25.2. The summed E-state index contributed by atoms with van der Waals surface area (Å²) in [5.41, 5.74) is 1.41. The lowest BCUT2D eigenvalue weighted by molar-refractivity contribution is -0.384. The number of rotatable bonds is 7. The zero-order valence-electron chi connectivity index (χ0n) is 31.9. The Kier molecular flexibility index (Phi) is 8.57. The molecule has 3 aromatic carbocycles. The van der Waals surface area contributed by atoms with Gasteiger partial charge in [0.15, 0.2) is 11.5 Å². The number of nitrogens with zero attached hydrogens (tertiary/aromatic N) is 5. The standard InChI is InChI=1S/C42H36ClN5O9S/c1-19-26-16-21(43)6-13-32(26)58-37(19)29-18-33(45(3)44-29)47-39(51)28-17-27-24(35(42(28,2)41(47)53)20-14-30(56-4)36(49)31(15-20)57-5)11-12-25-34(27)40(52)46(38(25)50)22-7-9-23(10-8-22)48(54)55/h6-11,13-16,18,25,27-28,34-35,49H,12,17H2,1-5H3/t25-,27+,28-,34-,35-,42+/m0/s1. The number of carbonyl (C=O) groups is 4. The van der Waals surface area contributed by atoms with Gasteiger partial charge in [-0.05, 0) is 91.6 Å². The summed E-state index contributed by atoms with van der Waals surface area (Å²) >= 11 is 7.85. The van der Waals surface area contributed by atoms with Gasteiger partial charge in [-0.3, -0.25) is 38.9 Å². The molecule has 4 aliphatic rings. The number of phenols is 1. The maximum Gasteiger partial charge on any atom is 0.269 e. The van der Waals surface area contributed by atoms with Crippen LogP contribution in [-0.2, 0) is 26.2 Å². The Hall–Kier alpha value is -6.06. The number of methoxy groups -OCH3 is 2. The Morgan fingerprint density at radius 1 is 0.948 bits per heavy atom. The van der Waals surface area contributed by atoms with Gasteiger partial charge in [-0.25, -0.2) is 4.90 Å². The first-order valence-electron chi connectivity index (χ1n) is 18.6. The van der Waals surface area contributed by atoms with Crippen LogP contribution in [0.4, 0.5) is 17.2 Å². The lowest BCUT2D eigenvalue weighted by atomic mass is 9.51. The van der Waals surface area contributed by atoms with Gasteiger partial charge in [0.25, 0.3) is 5.69 Å². The number of amides is 4. The zero-order chi connectivity index (χ0) is 41.1. The molecular weight excluding hydrogens is 786 g/mol. The number of ether oxygens (including phenoxy) is 2. The number of carbonyl (C=O) groups excluding carboxylic acids is 4. The number of halogens is 1. The number of nitro groups is 1. The van der Waals surface area contributed by atoms with Crippen LogP contribution < -0.4 is 19.3 Å². The van der Waals surface area contributed by atoms with E-state index in [0.717, 1.165) is 31.0 Å². The highest BCUT2D eigenvalue weighted by Gasteiger charge is 2.68. The van der Waals surface area contributed by atoms with E-state index in [9.17, 15) is 29.6 Å². The Bertz CT molecular complexity index is 2660. The second kappa shape index (κ2) is 13.2. The molecule has 0 spiro atoms. The summed E-state index contributed by atoms with van der Waals surface area (Å²) in [4.78, 5) is 72.7. The second-order valence-corrected chi connectivity index (χ2v) is 16.9. The maximum atomic E-state index is 15.2. The number of thiophene rings is 1. The topological polar surface area (TPSA) is 174 Å². The Labute approximate surface area is 340 Å². The van der Waals surface area contributed by atoms with Gasteiger partial charge in [-0.2, -0.15) is 5.10 Å². The largest absolute Gasteiger partial charge is 0.502 e. The average Bonchev–Trinajstić information content (AvgIpc) is 3.88. The van der Waals surface area contributed by atoms with E-state index in [4.69, 9.17) is 26.2 Å². The first-order valence-corrected chi connectivity index (χ1v) is 19.8. The van der Waals surface area contributed by atoms with Crippen LogP contribution in [0.3, 0.4) is 0 Å². The van der Waals surface area contributed by atoms with E-state index < -0.39 is 63.6 Å². The van der Waals surface area contributed by atoms with Gasteiger partial charge in [0.05, 0.1) is 52.9 Å². The summed E-state index contributed by atoms with van der Waals surface area (Å²) < 4.78 is 13.6. The first kappa shape index (κ1) is 37.5. The summed E-state index contributed by atoms with van der Waals surface area (Å²) in [5.74, 6) is -5.66. The summed E-state index contributed by atoms with van der Waals surface area (Å²) in [6, 6.07) is 15.9. The summed E-state index contributed by atoms with van der Waals surface area (Å²) in [6.45, 7) is 3.74. The number of non-ortho nitro benzene ring substituents is 1. The van der Waals surface area contributed by atoms with E-state index >= 15 is 4.79 Å². The molecule has 5 aromatic rings. The van der Waals surface area contributed by atoms with Crippen LogP contribution >= 0.6 is 22.9 Å².